The molecule has 0 radical (unpaired) electrons. The van der Waals surface area contributed by atoms with Gasteiger partial charge in [-0.3, -0.25) is 0 Å². The van der Waals surface area contributed by atoms with E-state index in [1.165, 1.54) is 0 Å². The third kappa shape index (κ3) is 2.11. The molecule has 0 aliphatic rings. The van der Waals surface area contributed by atoms with E-state index in [-0.39, 0.29) is 0 Å². The minimum absolute atomic E-state index is 0.710. The average molecular weight is 303 g/mol. The number of hydrogen-bond donors (Lipinski definition) is 1. The van der Waals surface area contributed by atoms with Gasteiger partial charge in [0, 0.05) is 23.7 Å². The van der Waals surface area contributed by atoms with Crippen LogP contribution < -0.4 is 5.32 Å². The fourth-order valence-corrected chi connectivity index (χ4v) is 2.27. The van der Waals surface area contributed by atoms with E-state index in [0.29, 0.717) is 6.54 Å². The smallest absolute Gasteiger partial charge is 0.134 e. The maximum Gasteiger partial charge on any atom is 0.134 e. The Kier molecular flexibility index (Phi) is 3.02. The lowest BCUT2D eigenvalue weighted by Crippen LogP contribution is -1.99. The second-order valence-electron chi connectivity index (χ2n) is 3.95. The highest BCUT2D eigenvalue weighted by Gasteiger charge is 2.05. The van der Waals surface area contributed by atoms with Crippen molar-refractivity contribution in [2.75, 3.05) is 5.32 Å². The molecule has 3 rings (SSSR count). The predicted octanol–water partition coefficient (Wildman–Crippen LogP) is 4.20. The maximum absolute atomic E-state index is 5.50. The first-order chi connectivity index (χ1) is 8.84. The van der Waals surface area contributed by atoms with Crippen LogP contribution in [-0.2, 0) is 6.54 Å². The third-order valence-corrected chi connectivity index (χ3v) is 3.42. The van der Waals surface area contributed by atoms with E-state index in [1.807, 2.05) is 30.3 Å². The second kappa shape index (κ2) is 4.82. The van der Waals surface area contributed by atoms with E-state index in [2.05, 4.69) is 32.3 Å². The van der Waals surface area contributed by atoms with E-state index in [9.17, 15) is 0 Å². The lowest BCUT2D eigenvalue weighted by molar-refractivity contribution is 0.611. The van der Waals surface area contributed by atoms with Crippen molar-refractivity contribution in [2.45, 2.75) is 6.54 Å². The number of benzene rings is 1. The molecule has 0 unspecified atom stereocenters. The largest absolute Gasteiger partial charge is 0.464 e. The number of furan rings is 1. The normalized spacial score (nSPS) is 10.7. The average Bonchev–Trinajstić information content (AvgIpc) is 2.81. The number of nitrogens with one attached hydrogen (secondary N) is 1. The minimum Gasteiger partial charge on any atom is -0.464 e. The molecule has 0 spiro atoms. The fraction of sp³-hybridized carbons (Fsp3) is 0.0714. The standard InChI is InChI=1S/C14H11BrN2O/c15-14-12(5-3-7-16-14)17-8-10-9-18-13-6-2-1-4-11(10)13/h1-7,9,17H,8H2. The number of pyridine rings is 1. The highest BCUT2D eigenvalue weighted by molar-refractivity contribution is 9.10. The summed E-state index contributed by atoms with van der Waals surface area (Å²) < 4.78 is 6.32. The molecule has 0 amide bonds. The Bertz CT molecular complexity index is 678. The molecule has 0 saturated carbocycles. The number of fused-ring (bicyclic) bond motifs is 1. The van der Waals surface area contributed by atoms with Gasteiger partial charge in [0.15, 0.2) is 0 Å². The third-order valence-electron chi connectivity index (χ3n) is 2.79. The Morgan fingerprint density at radius 2 is 2.06 bits per heavy atom. The molecule has 1 N–H and O–H groups in total. The quantitative estimate of drug-likeness (QED) is 0.737. The van der Waals surface area contributed by atoms with Gasteiger partial charge < -0.3 is 9.73 Å². The lowest BCUT2D eigenvalue weighted by atomic mass is 10.2. The van der Waals surface area contributed by atoms with E-state index in [4.69, 9.17) is 4.42 Å². The van der Waals surface area contributed by atoms with Crippen molar-refractivity contribution in [3.05, 3.63) is 59.0 Å². The number of halogens is 1. The van der Waals surface area contributed by atoms with Crippen molar-refractivity contribution in [1.29, 1.82) is 0 Å². The highest BCUT2D eigenvalue weighted by Crippen LogP contribution is 2.23. The van der Waals surface area contributed by atoms with Crippen molar-refractivity contribution in [3.8, 4) is 0 Å². The van der Waals surface area contributed by atoms with Gasteiger partial charge in [-0.15, -0.1) is 0 Å². The minimum atomic E-state index is 0.710. The Hall–Kier alpha value is -1.81. The summed E-state index contributed by atoms with van der Waals surface area (Å²) in [5, 5.41) is 4.48. The monoisotopic (exact) mass is 302 g/mol. The molecule has 18 heavy (non-hydrogen) atoms. The van der Waals surface area contributed by atoms with E-state index in [0.717, 1.165) is 26.8 Å². The zero-order valence-corrected chi connectivity index (χ0v) is 11.1. The van der Waals surface area contributed by atoms with Gasteiger partial charge in [0.05, 0.1) is 12.0 Å². The Labute approximate surface area is 113 Å². The zero-order chi connectivity index (χ0) is 12.4. The zero-order valence-electron chi connectivity index (χ0n) is 9.56. The summed E-state index contributed by atoms with van der Waals surface area (Å²) in [6, 6.07) is 11.9. The van der Waals surface area contributed by atoms with E-state index < -0.39 is 0 Å². The van der Waals surface area contributed by atoms with Gasteiger partial charge in [0.2, 0.25) is 0 Å². The van der Waals surface area contributed by atoms with Crippen LogP contribution in [0.2, 0.25) is 0 Å². The topological polar surface area (TPSA) is 38.1 Å². The Morgan fingerprint density at radius 1 is 1.17 bits per heavy atom. The molecule has 0 fully saturated rings. The van der Waals surface area contributed by atoms with E-state index in [1.54, 1.807) is 12.5 Å². The summed E-state index contributed by atoms with van der Waals surface area (Å²) in [4.78, 5) is 4.17. The molecule has 0 aliphatic carbocycles. The Morgan fingerprint density at radius 3 is 2.94 bits per heavy atom. The molecule has 2 aromatic heterocycles. The number of nitrogens with zero attached hydrogens (tertiary/aromatic N) is 1. The van der Waals surface area contributed by atoms with Gasteiger partial charge >= 0.3 is 0 Å². The van der Waals surface area contributed by atoms with Gasteiger partial charge in [-0.25, -0.2) is 4.98 Å². The molecule has 90 valence electrons. The molecule has 0 saturated heterocycles. The van der Waals surface area contributed by atoms with Crippen molar-refractivity contribution < 1.29 is 4.42 Å². The molecule has 3 aromatic rings. The summed E-state index contributed by atoms with van der Waals surface area (Å²) in [5.41, 5.74) is 3.03. The molecular weight excluding hydrogens is 292 g/mol. The van der Waals surface area contributed by atoms with Crippen LogP contribution in [0.3, 0.4) is 0 Å². The molecule has 1 aromatic carbocycles. The molecule has 3 nitrogen and oxygen atoms in total. The summed E-state index contributed by atoms with van der Waals surface area (Å²) >= 11 is 3.41. The van der Waals surface area contributed by atoms with Crippen LogP contribution in [0.15, 0.2) is 57.9 Å². The number of rotatable bonds is 3. The summed E-state index contributed by atoms with van der Waals surface area (Å²) in [7, 11) is 0. The summed E-state index contributed by atoms with van der Waals surface area (Å²) in [6.07, 6.45) is 3.55. The maximum atomic E-state index is 5.50. The molecule has 4 heteroatoms. The van der Waals surface area contributed by atoms with Crippen LogP contribution in [0.25, 0.3) is 11.0 Å². The van der Waals surface area contributed by atoms with Crippen LogP contribution >= 0.6 is 15.9 Å². The van der Waals surface area contributed by atoms with Gasteiger partial charge in [-0.1, -0.05) is 18.2 Å². The number of anilines is 1. The second-order valence-corrected chi connectivity index (χ2v) is 4.70. The predicted molar refractivity (Wildman–Crippen MR) is 75.5 cm³/mol. The summed E-state index contributed by atoms with van der Waals surface area (Å²) in [5.74, 6) is 0. The van der Waals surface area contributed by atoms with Gasteiger partial charge in [-0.2, -0.15) is 0 Å². The number of aromatic nitrogens is 1. The van der Waals surface area contributed by atoms with Crippen LogP contribution in [0.4, 0.5) is 5.69 Å². The van der Waals surface area contributed by atoms with E-state index >= 15 is 0 Å². The summed E-state index contributed by atoms with van der Waals surface area (Å²) in [6.45, 7) is 0.710. The van der Waals surface area contributed by atoms with Crippen molar-refractivity contribution in [3.63, 3.8) is 0 Å². The fourth-order valence-electron chi connectivity index (χ4n) is 1.88. The number of para-hydroxylation sites is 1. The molecule has 0 atom stereocenters. The van der Waals surface area contributed by atoms with Gasteiger partial charge in [-0.05, 0) is 34.1 Å². The molecule has 0 bridgehead atoms. The van der Waals surface area contributed by atoms with Gasteiger partial charge in [0.1, 0.15) is 10.2 Å². The molecular formula is C14H11BrN2O. The Balaban J connectivity index is 1.83. The SMILES string of the molecule is Brc1ncccc1NCc1coc2ccccc12. The van der Waals surface area contributed by atoms with Crippen LogP contribution in [0.5, 0.6) is 0 Å². The highest BCUT2D eigenvalue weighted by atomic mass is 79.9. The lowest BCUT2D eigenvalue weighted by Gasteiger charge is -2.06. The molecule has 0 aliphatic heterocycles. The first kappa shape index (κ1) is 11.3. The van der Waals surface area contributed by atoms with Crippen molar-refractivity contribution in [1.82, 2.24) is 4.98 Å². The van der Waals surface area contributed by atoms with Crippen LogP contribution in [0, 0.1) is 0 Å². The van der Waals surface area contributed by atoms with Gasteiger partial charge in [0.25, 0.3) is 0 Å². The molecule has 2 heterocycles. The van der Waals surface area contributed by atoms with Crippen LogP contribution in [-0.4, -0.2) is 4.98 Å². The van der Waals surface area contributed by atoms with Crippen molar-refractivity contribution >= 4 is 32.6 Å². The first-order valence-corrected chi connectivity index (χ1v) is 6.43. The van der Waals surface area contributed by atoms with Crippen LogP contribution in [0.1, 0.15) is 5.56 Å². The van der Waals surface area contributed by atoms with Crippen molar-refractivity contribution in [2.24, 2.45) is 0 Å². The first-order valence-electron chi connectivity index (χ1n) is 5.64. The number of hydrogen-bond acceptors (Lipinski definition) is 3.